The first-order chi connectivity index (χ1) is 12.6. The van der Waals surface area contributed by atoms with Gasteiger partial charge >= 0.3 is 0 Å². The van der Waals surface area contributed by atoms with Crippen LogP contribution in [0.4, 0.5) is 0 Å². The Morgan fingerprint density at radius 2 is 1.85 bits per heavy atom. The first kappa shape index (κ1) is 16.9. The van der Waals surface area contributed by atoms with Crippen molar-refractivity contribution in [2.45, 2.75) is 32.2 Å². The molecule has 136 valence electrons. The highest BCUT2D eigenvalue weighted by Gasteiger charge is 2.23. The van der Waals surface area contributed by atoms with E-state index in [0.29, 0.717) is 11.7 Å². The third-order valence-electron chi connectivity index (χ3n) is 5.22. The number of aryl methyl sites for hydroxylation is 2. The van der Waals surface area contributed by atoms with Crippen LogP contribution >= 0.6 is 0 Å². The van der Waals surface area contributed by atoms with Gasteiger partial charge < -0.3 is 9.52 Å². The van der Waals surface area contributed by atoms with Gasteiger partial charge in [-0.3, -0.25) is 9.58 Å². The van der Waals surface area contributed by atoms with Gasteiger partial charge in [0.2, 0.25) is 0 Å². The fraction of sp³-hybridized carbons (Fsp3) is 0.381. The molecule has 1 aromatic carbocycles. The predicted octanol–water partition coefficient (Wildman–Crippen LogP) is 4.07. The molecule has 0 spiro atoms. The first-order valence-corrected chi connectivity index (χ1v) is 9.19. The van der Waals surface area contributed by atoms with Crippen molar-refractivity contribution in [3.8, 4) is 17.2 Å². The molecule has 1 aliphatic heterocycles. The number of aromatic nitrogens is 2. The maximum Gasteiger partial charge on any atom is 0.154 e. The third-order valence-corrected chi connectivity index (χ3v) is 5.22. The highest BCUT2D eigenvalue weighted by Crippen LogP contribution is 2.31. The number of piperidine rings is 1. The number of furan rings is 1. The lowest BCUT2D eigenvalue weighted by Gasteiger charge is -2.32. The summed E-state index contributed by atoms with van der Waals surface area (Å²) in [6.07, 6.45) is 4.37. The molecule has 0 unspecified atom stereocenters. The zero-order chi connectivity index (χ0) is 18.1. The average Bonchev–Trinajstić information content (AvgIpc) is 3.22. The summed E-state index contributed by atoms with van der Waals surface area (Å²) in [6.45, 7) is 4.99. The Morgan fingerprint density at radius 3 is 2.50 bits per heavy atom. The van der Waals surface area contributed by atoms with Crippen molar-refractivity contribution in [3.63, 3.8) is 0 Å². The zero-order valence-electron chi connectivity index (χ0n) is 15.4. The van der Waals surface area contributed by atoms with Gasteiger partial charge in [-0.2, -0.15) is 5.10 Å². The molecule has 0 aliphatic carbocycles. The molecule has 26 heavy (non-hydrogen) atoms. The predicted molar refractivity (Wildman–Crippen MR) is 101 cm³/mol. The number of phenolic OH excluding ortho intramolecular Hbond substituents is 1. The molecule has 2 aromatic heterocycles. The summed E-state index contributed by atoms with van der Waals surface area (Å²) in [4.78, 5) is 2.49. The lowest BCUT2D eigenvalue weighted by atomic mass is 9.89. The highest BCUT2D eigenvalue weighted by atomic mass is 16.3. The third kappa shape index (κ3) is 3.53. The fourth-order valence-corrected chi connectivity index (χ4v) is 3.83. The quantitative estimate of drug-likeness (QED) is 0.770. The topological polar surface area (TPSA) is 54.4 Å². The number of phenols is 1. The Hall–Kier alpha value is -2.53. The molecule has 0 bridgehead atoms. The summed E-state index contributed by atoms with van der Waals surface area (Å²) in [7, 11) is 1.96. The van der Waals surface area contributed by atoms with Crippen LogP contribution in [-0.2, 0) is 13.6 Å². The number of nitrogens with zero attached hydrogens (tertiary/aromatic N) is 3. The van der Waals surface area contributed by atoms with Gasteiger partial charge in [0.25, 0.3) is 0 Å². The summed E-state index contributed by atoms with van der Waals surface area (Å²) in [5.41, 5.74) is 3.49. The second-order valence-electron chi connectivity index (χ2n) is 7.23. The minimum Gasteiger partial charge on any atom is -0.508 e. The first-order valence-electron chi connectivity index (χ1n) is 9.19. The van der Waals surface area contributed by atoms with Crippen molar-refractivity contribution in [2.24, 2.45) is 7.05 Å². The molecule has 0 saturated carbocycles. The largest absolute Gasteiger partial charge is 0.508 e. The smallest absolute Gasteiger partial charge is 0.154 e. The molecular formula is C21H25N3O2. The van der Waals surface area contributed by atoms with Crippen LogP contribution in [0.3, 0.4) is 0 Å². The summed E-state index contributed by atoms with van der Waals surface area (Å²) < 4.78 is 7.65. The molecule has 3 aromatic rings. The van der Waals surface area contributed by atoms with E-state index in [0.717, 1.165) is 49.7 Å². The normalized spacial score (nSPS) is 16.2. The molecule has 5 nitrogen and oxygen atoms in total. The number of hydrogen-bond acceptors (Lipinski definition) is 4. The van der Waals surface area contributed by atoms with Crippen molar-refractivity contribution >= 4 is 0 Å². The summed E-state index contributed by atoms with van der Waals surface area (Å²) >= 11 is 0. The van der Waals surface area contributed by atoms with Crippen LogP contribution in [0.1, 0.15) is 35.6 Å². The van der Waals surface area contributed by atoms with Crippen LogP contribution < -0.4 is 0 Å². The Morgan fingerprint density at radius 1 is 1.12 bits per heavy atom. The van der Waals surface area contributed by atoms with E-state index in [2.05, 4.69) is 16.2 Å². The van der Waals surface area contributed by atoms with Crippen molar-refractivity contribution < 1.29 is 9.52 Å². The van der Waals surface area contributed by atoms with Crippen molar-refractivity contribution in [1.82, 2.24) is 14.7 Å². The maximum atomic E-state index is 9.46. The average molecular weight is 351 g/mol. The van der Waals surface area contributed by atoms with Gasteiger partial charge in [-0.15, -0.1) is 0 Å². The lowest BCUT2D eigenvalue weighted by Crippen LogP contribution is -2.32. The van der Waals surface area contributed by atoms with Crippen LogP contribution in [0.25, 0.3) is 11.5 Å². The van der Waals surface area contributed by atoms with Gasteiger partial charge in [0, 0.05) is 25.4 Å². The second kappa shape index (κ2) is 7.00. The van der Waals surface area contributed by atoms with Crippen LogP contribution in [0.5, 0.6) is 5.75 Å². The minimum absolute atomic E-state index is 0.337. The molecule has 5 heteroatoms. The van der Waals surface area contributed by atoms with E-state index >= 15 is 0 Å². The Labute approximate surface area is 153 Å². The molecule has 0 atom stereocenters. The summed E-state index contributed by atoms with van der Waals surface area (Å²) in [5.74, 6) is 2.67. The second-order valence-corrected chi connectivity index (χ2v) is 7.23. The molecule has 1 N–H and O–H groups in total. The molecule has 1 aliphatic rings. The van der Waals surface area contributed by atoms with Gasteiger partial charge in [0.05, 0.1) is 0 Å². The number of rotatable bonds is 4. The van der Waals surface area contributed by atoms with E-state index in [-0.39, 0.29) is 0 Å². The highest BCUT2D eigenvalue weighted by molar-refractivity contribution is 5.56. The van der Waals surface area contributed by atoms with Crippen LogP contribution in [0, 0.1) is 6.92 Å². The molecule has 0 radical (unpaired) electrons. The molecule has 3 heterocycles. The Bertz CT molecular complexity index is 871. The van der Waals surface area contributed by atoms with E-state index in [9.17, 15) is 5.11 Å². The van der Waals surface area contributed by atoms with E-state index < -0.39 is 0 Å². The van der Waals surface area contributed by atoms with Gasteiger partial charge in [0.1, 0.15) is 17.2 Å². The standard InChI is InChI=1S/C21H25N3O2/c1-15-3-8-20(26-15)21-18(13-23(2)22-21)14-24-11-9-17(10-12-24)16-4-6-19(25)7-5-16/h3-8,13,17,25H,9-12,14H2,1-2H3. The Kier molecular flexibility index (Phi) is 4.55. The molecule has 1 saturated heterocycles. The zero-order valence-corrected chi connectivity index (χ0v) is 15.4. The van der Waals surface area contributed by atoms with E-state index in [1.54, 1.807) is 12.1 Å². The lowest BCUT2D eigenvalue weighted by molar-refractivity contribution is 0.205. The number of likely N-dealkylation sites (tertiary alicyclic amines) is 1. The number of aromatic hydroxyl groups is 1. The van der Waals surface area contributed by atoms with Crippen LogP contribution in [0.15, 0.2) is 47.0 Å². The van der Waals surface area contributed by atoms with E-state index in [4.69, 9.17) is 4.42 Å². The van der Waals surface area contributed by atoms with Crippen molar-refractivity contribution in [2.75, 3.05) is 13.1 Å². The van der Waals surface area contributed by atoms with Crippen LogP contribution in [-0.4, -0.2) is 32.9 Å². The number of hydrogen-bond donors (Lipinski definition) is 1. The molecule has 1 fully saturated rings. The van der Waals surface area contributed by atoms with Gasteiger partial charge in [-0.1, -0.05) is 12.1 Å². The summed E-state index contributed by atoms with van der Waals surface area (Å²) in [5, 5.41) is 14.1. The summed E-state index contributed by atoms with van der Waals surface area (Å²) in [6, 6.07) is 11.7. The van der Waals surface area contributed by atoms with Crippen LogP contribution in [0.2, 0.25) is 0 Å². The van der Waals surface area contributed by atoms with Gasteiger partial charge in [-0.05, 0) is 68.6 Å². The Balaban J connectivity index is 1.43. The monoisotopic (exact) mass is 351 g/mol. The van der Waals surface area contributed by atoms with E-state index in [1.165, 1.54) is 11.1 Å². The molecule has 0 amide bonds. The molecule has 4 rings (SSSR count). The van der Waals surface area contributed by atoms with E-state index in [1.807, 2.05) is 42.9 Å². The SMILES string of the molecule is Cc1ccc(-c2nn(C)cc2CN2CCC(c3ccc(O)cc3)CC2)o1. The number of benzene rings is 1. The molecular weight excluding hydrogens is 326 g/mol. The maximum absolute atomic E-state index is 9.46. The van der Waals surface area contributed by atoms with Gasteiger partial charge in [-0.25, -0.2) is 0 Å². The fourth-order valence-electron chi connectivity index (χ4n) is 3.83. The van der Waals surface area contributed by atoms with Crippen molar-refractivity contribution in [1.29, 1.82) is 0 Å². The minimum atomic E-state index is 0.337. The van der Waals surface area contributed by atoms with Gasteiger partial charge in [0.15, 0.2) is 5.76 Å². The van der Waals surface area contributed by atoms with Crippen molar-refractivity contribution in [3.05, 3.63) is 59.5 Å².